The Morgan fingerprint density at radius 2 is 1.67 bits per heavy atom. The molecule has 0 bridgehead atoms. The van der Waals surface area contributed by atoms with Gasteiger partial charge in [0.15, 0.2) is 17.4 Å². The number of ether oxygens (including phenoxy) is 1. The quantitative estimate of drug-likeness (QED) is 0.448. The molecule has 0 unspecified atom stereocenters. The third kappa shape index (κ3) is 7.81. The Labute approximate surface area is 194 Å². The van der Waals surface area contributed by atoms with Gasteiger partial charge in [0.05, 0.1) is 12.9 Å². The molecule has 0 aliphatic carbocycles. The van der Waals surface area contributed by atoms with Crippen LogP contribution >= 0.6 is 0 Å². The molecule has 2 aliphatic heterocycles. The van der Waals surface area contributed by atoms with Gasteiger partial charge in [-0.3, -0.25) is 9.69 Å². The summed E-state index contributed by atoms with van der Waals surface area (Å²) in [5, 5.41) is 8.80. The molecule has 0 saturated carbocycles. The minimum Gasteiger partial charge on any atom is -0.516 e. The summed E-state index contributed by atoms with van der Waals surface area (Å²) in [6.07, 6.45) is 5.54. The zero-order valence-corrected chi connectivity index (χ0v) is 19.5. The number of hydrogen-bond acceptors (Lipinski definition) is 4. The normalized spacial score (nSPS) is 18.2. The highest BCUT2D eigenvalue weighted by atomic mass is 19.1. The summed E-state index contributed by atoms with van der Waals surface area (Å²) < 4.78 is 45.7. The summed E-state index contributed by atoms with van der Waals surface area (Å²) in [4.78, 5) is 17.0. The summed E-state index contributed by atoms with van der Waals surface area (Å²) in [7, 11) is 0. The zero-order chi connectivity index (χ0) is 24.4. The van der Waals surface area contributed by atoms with E-state index in [2.05, 4.69) is 11.5 Å². The minimum absolute atomic E-state index is 0.00751. The van der Waals surface area contributed by atoms with Gasteiger partial charge in [0.1, 0.15) is 5.82 Å². The molecule has 2 aliphatic rings. The van der Waals surface area contributed by atoms with Gasteiger partial charge in [-0.15, -0.1) is 0 Å². The van der Waals surface area contributed by atoms with Crippen molar-refractivity contribution >= 4 is 5.91 Å². The molecule has 1 aromatic rings. The molecule has 2 heterocycles. The molecule has 0 spiro atoms. The van der Waals surface area contributed by atoms with Crippen molar-refractivity contribution in [3.8, 4) is 5.75 Å². The lowest BCUT2D eigenvalue weighted by Gasteiger charge is -2.37. The molecule has 0 radical (unpaired) electrons. The van der Waals surface area contributed by atoms with Gasteiger partial charge in [-0.05, 0) is 56.3 Å². The smallest absolute Gasteiger partial charge is 0.225 e. The van der Waals surface area contributed by atoms with Gasteiger partial charge in [0.2, 0.25) is 5.91 Å². The van der Waals surface area contributed by atoms with Crippen LogP contribution in [0.3, 0.4) is 0 Å². The first kappa shape index (κ1) is 26.8. The van der Waals surface area contributed by atoms with Crippen molar-refractivity contribution in [1.82, 2.24) is 9.80 Å². The molecular weight excluding hydrogens is 433 g/mol. The van der Waals surface area contributed by atoms with Gasteiger partial charge in [-0.2, -0.15) is 0 Å². The van der Waals surface area contributed by atoms with Gasteiger partial charge in [0.25, 0.3) is 0 Å². The van der Waals surface area contributed by atoms with Crippen LogP contribution in [0.25, 0.3) is 0 Å². The molecule has 1 N–H and O–H groups in total. The Bertz CT molecular complexity index is 792. The van der Waals surface area contributed by atoms with Crippen molar-refractivity contribution < 1.29 is 27.8 Å². The van der Waals surface area contributed by atoms with Gasteiger partial charge < -0.3 is 14.7 Å². The first-order valence-corrected chi connectivity index (χ1v) is 11.6. The standard InChI is InChI=1S/C23H29F3N2O3.C2H6/c1-16(6-11-29)14-27-7-4-18(5-8-27)23(30)28-9-2-17(3-10-28)15-31-22-20(25)12-19(24)13-21(22)26;1-2/h6,11-13,17-18,29H,1-5,7-10,14-15H2;1-2H3/b11-6-;. The molecule has 1 amide bonds. The average molecular weight is 469 g/mol. The van der Waals surface area contributed by atoms with Crippen LogP contribution in [0, 0.1) is 29.3 Å². The topological polar surface area (TPSA) is 53.0 Å². The van der Waals surface area contributed by atoms with E-state index in [1.807, 2.05) is 18.7 Å². The number of amides is 1. The van der Waals surface area contributed by atoms with Crippen molar-refractivity contribution in [1.29, 1.82) is 0 Å². The van der Waals surface area contributed by atoms with Crippen LogP contribution in [0.15, 0.2) is 36.6 Å². The lowest BCUT2D eigenvalue weighted by atomic mass is 9.92. The monoisotopic (exact) mass is 468 g/mol. The average Bonchev–Trinajstić information content (AvgIpc) is 2.80. The lowest BCUT2D eigenvalue weighted by molar-refractivity contribution is -0.138. The van der Waals surface area contributed by atoms with Gasteiger partial charge in [-0.1, -0.05) is 20.4 Å². The predicted octanol–water partition coefficient (Wildman–Crippen LogP) is 5.09. The molecule has 33 heavy (non-hydrogen) atoms. The van der Waals surface area contributed by atoms with Gasteiger partial charge in [-0.25, -0.2) is 13.2 Å². The molecule has 2 saturated heterocycles. The number of piperidine rings is 2. The maximum Gasteiger partial charge on any atom is 0.225 e. The van der Waals surface area contributed by atoms with Crippen LogP contribution in [-0.2, 0) is 4.79 Å². The van der Waals surface area contributed by atoms with E-state index in [4.69, 9.17) is 9.84 Å². The van der Waals surface area contributed by atoms with Crippen LogP contribution in [0.2, 0.25) is 0 Å². The van der Waals surface area contributed by atoms with Gasteiger partial charge in [0, 0.05) is 37.7 Å². The molecule has 5 nitrogen and oxygen atoms in total. The molecule has 1 aromatic carbocycles. The van der Waals surface area contributed by atoms with E-state index >= 15 is 0 Å². The van der Waals surface area contributed by atoms with Crippen LogP contribution < -0.4 is 4.74 Å². The fraction of sp³-hybridized carbons (Fsp3) is 0.560. The lowest BCUT2D eigenvalue weighted by Crippen LogP contribution is -2.46. The number of hydrogen-bond donors (Lipinski definition) is 1. The van der Waals surface area contributed by atoms with E-state index in [0.717, 1.165) is 37.8 Å². The fourth-order valence-electron chi connectivity index (χ4n) is 4.23. The molecule has 0 atom stereocenters. The number of likely N-dealkylation sites (tertiary alicyclic amines) is 2. The molecule has 0 aromatic heterocycles. The fourth-order valence-corrected chi connectivity index (χ4v) is 4.23. The van der Waals surface area contributed by atoms with Crippen molar-refractivity contribution in [2.45, 2.75) is 39.5 Å². The number of rotatable bonds is 7. The van der Waals surface area contributed by atoms with Crippen molar-refractivity contribution in [2.24, 2.45) is 11.8 Å². The van der Waals surface area contributed by atoms with Crippen molar-refractivity contribution in [3.05, 3.63) is 54.1 Å². The third-order valence-corrected chi connectivity index (χ3v) is 6.03. The first-order chi connectivity index (χ1) is 15.9. The number of halogens is 3. The highest BCUT2D eigenvalue weighted by Gasteiger charge is 2.31. The highest BCUT2D eigenvalue weighted by molar-refractivity contribution is 5.79. The van der Waals surface area contributed by atoms with E-state index in [9.17, 15) is 18.0 Å². The van der Waals surface area contributed by atoms with E-state index in [1.165, 1.54) is 0 Å². The summed E-state index contributed by atoms with van der Waals surface area (Å²) in [5.41, 5.74) is 0.831. The van der Waals surface area contributed by atoms with E-state index in [1.54, 1.807) is 6.08 Å². The molecule has 184 valence electrons. The Kier molecular flexibility index (Phi) is 10.8. The highest BCUT2D eigenvalue weighted by Crippen LogP contribution is 2.27. The third-order valence-electron chi connectivity index (χ3n) is 6.03. The van der Waals surface area contributed by atoms with Gasteiger partial charge >= 0.3 is 0 Å². The number of aliphatic hydroxyl groups is 1. The van der Waals surface area contributed by atoms with E-state index < -0.39 is 23.2 Å². The first-order valence-electron chi connectivity index (χ1n) is 11.6. The number of carbonyl (C=O) groups is 1. The second-order valence-electron chi connectivity index (χ2n) is 8.30. The van der Waals surface area contributed by atoms with E-state index in [0.29, 0.717) is 44.6 Å². The SMILES string of the molecule is C=C(/C=C\O)CN1CCC(C(=O)N2CCC(COc3c(F)cc(F)cc3F)CC2)CC1.CC. The summed E-state index contributed by atoms with van der Waals surface area (Å²) >= 11 is 0. The van der Waals surface area contributed by atoms with Crippen LogP contribution in [-0.4, -0.2) is 60.1 Å². The Morgan fingerprint density at radius 3 is 2.21 bits per heavy atom. The summed E-state index contributed by atoms with van der Waals surface area (Å²) in [5.74, 6) is -3.37. The van der Waals surface area contributed by atoms with E-state index in [-0.39, 0.29) is 24.3 Å². The maximum absolute atomic E-state index is 13.7. The number of nitrogens with zero attached hydrogens (tertiary/aromatic N) is 2. The Hall–Kier alpha value is -2.48. The minimum atomic E-state index is -1.05. The molecule has 3 rings (SSSR count). The number of carbonyl (C=O) groups excluding carboxylic acids is 1. The zero-order valence-electron chi connectivity index (χ0n) is 19.5. The Morgan fingerprint density at radius 1 is 1.09 bits per heavy atom. The Balaban J connectivity index is 0.00000187. The van der Waals surface area contributed by atoms with Crippen LogP contribution in [0.1, 0.15) is 39.5 Å². The number of aliphatic hydroxyl groups excluding tert-OH is 1. The largest absolute Gasteiger partial charge is 0.516 e. The summed E-state index contributed by atoms with van der Waals surface area (Å²) in [6, 6.07) is 1.20. The summed E-state index contributed by atoms with van der Waals surface area (Å²) in [6.45, 7) is 11.5. The number of benzene rings is 1. The molecule has 2 fully saturated rings. The van der Waals surface area contributed by atoms with Crippen LogP contribution in [0.5, 0.6) is 5.75 Å². The molecule has 8 heteroatoms. The second kappa shape index (κ2) is 13.3. The van der Waals surface area contributed by atoms with Crippen molar-refractivity contribution in [3.63, 3.8) is 0 Å². The second-order valence-corrected chi connectivity index (χ2v) is 8.30. The predicted molar refractivity (Wildman–Crippen MR) is 123 cm³/mol. The maximum atomic E-state index is 13.7. The van der Waals surface area contributed by atoms with Crippen molar-refractivity contribution in [2.75, 3.05) is 39.3 Å². The molecular formula is C25H35F3N2O3. The van der Waals surface area contributed by atoms with Crippen LogP contribution in [0.4, 0.5) is 13.2 Å².